The van der Waals surface area contributed by atoms with E-state index in [1.807, 2.05) is 52.0 Å². The van der Waals surface area contributed by atoms with E-state index in [9.17, 15) is 4.79 Å². The van der Waals surface area contributed by atoms with Gasteiger partial charge in [0.1, 0.15) is 22.2 Å². The Kier molecular flexibility index (Phi) is 5.08. The molecule has 26 heavy (non-hydrogen) atoms. The smallest absolute Gasteiger partial charge is 0.276 e. The minimum atomic E-state index is -0.313. The van der Waals surface area contributed by atoms with Gasteiger partial charge < -0.3 is 14.6 Å². The molecule has 0 aliphatic rings. The van der Waals surface area contributed by atoms with Crippen LogP contribution in [0.3, 0.4) is 0 Å². The van der Waals surface area contributed by atoms with Crippen LogP contribution < -0.4 is 10.1 Å². The Balaban J connectivity index is 1.70. The lowest BCUT2D eigenvalue weighted by molar-refractivity contribution is 0.102. The van der Waals surface area contributed by atoms with Crippen molar-refractivity contribution in [1.82, 2.24) is 10.1 Å². The van der Waals surface area contributed by atoms with Crippen LogP contribution in [0.2, 0.25) is 0 Å². The van der Waals surface area contributed by atoms with Gasteiger partial charge in [-0.25, -0.2) is 4.98 Å². The molecule has 3 rings (SSSR count). The monoisotopic (exact) mass is 371 g/mol. The van der Waals surface area contributed by atoms with Gasteiger partial charge in [0, 0.05) is 22.4 Å². The number of anilines is 1. The maximum atomic E-state index is 12.4. The molecule has 0 fully saturated rings. The van der Waals surface area contributed by atoms with Gasteiger partial charge in [0.2, 0.25) is 0 Å². The van der Waals surface area contributed by atoms with Gasteiger partial charge in [-0.05, 0) is 31.2 Å². The van der Waals surface area contributed by atoms with E-state index in [1.54, 1.807) is 11.4 Å². The SMILES string of the molecule is CCOc1ccc(-c2nc(C(=O)Nc3cc(C(C)(C)C)on3)cs2)cc1. The zero-order chi connectivity index (χ0) is 18.7. The minimum Gasteiger partial charge on any atom is -0.494 e. The molecule has 0 aliphatic carbocycles. The number of hydrogen-bond donors (Lipinski definition) is 1. The fourth-order valence-corrected chi connectivity index (χ4v) is 3.05. The Morgan fingerprint density at radius 2 is 2.00 bits per heavy atom. The molecule has 2 heterocycles. The third-order valence-electron chi connectivity index (χ3n) is 3.64. The molecule has 0 saturated carbocycles. The third-order valence-corrected chi connectivity index (χ3v) is 4.53. The van der Waals surface area contributed by atoms with E-state index in [0.717, 1.165) is 16.3 Å². The van der Waals surface area contributed by atoms with Crippen molar-refractivity contribution < 1.29 is 14.1 Å². The summed E-state index contributed by atoms with van der Waals surface area (Å²) >= 11 is 1.41. The molecule has 6 nitrogen and oxygen atoms in total. The lowest BCUT2D eigenvalue weighted by atomic mass is 9.93. The summed E-state index contributed by atoms with van der Waals surface area (Å²) in [6.45, 7) is 8.62. The minimum absolute atomic E-state index is 0.169. The van der Waals surface area contributed by atoms with Crippen LogP contribution in [0.15, 0.2) is 40.2 Å². The van der Waals surface area contributed by atoms with Crippen molar-refractivity contribution in [2.24, 2.45) is 0 Å². The van der Waals surface area contributed by atoms with E-state index in [0.29, 0.717) is 23.9 Å². The van der Waals surface area contributed by atoms with Gasteiger partial charge in [-0.2, -0.15) is 0 Å². The lowest BCUT2D eigenvalue weighted by Gasteiger charge is -2.11. The number of carbonyl (C=O) groups is 1. The normalized spacial score (nSPS) is 11.4. The first-order valence-electron chi connectivity index (χ1n) is 8.34. The lowest BCUT2D eigenvalue weighted by Crippen LogP contribution is -2.13. The highest BCUT2D eigenvalue weighted by Gasteiger charge is 2.21. The van der Waals surface area contributed by atoms with Gasteiger partial charge in [-0.1, -0.05) is 25.9 Å². The van der Waals surface area contributed by atoms with Crippen molar-refractivity contribution in [3.05, 3.63) is 47.2 Å². The Morgan fingerprint density at radius 3 is 2.62 bits per heavy atom. The Hall–Kier alpha value is -2.67. The molecule has 2 aromatic heterocycles. The molecule has 1 aromatic carbocycles. The first-order chi connectivity index (χ1) is 12.4. The Labute approximate surface area is 156 Å². The number of benzene rings is 1. The third kappa shape index (κ3) is 4.11. The highest BCUT2D eigenvalue weighted by molar-refractivity contribution is 7.13. The van der Waals surface area contributed by atoms with Gasteiger partial charge in [0.15, 0.2) is 5.82 Å². The maximum absolute atomic E-state index is 12.4. The standard InChI is InChI=1S/C19H21N3O3S/c1-5-24-13-8-6-12(7-9-13)18-20-14(11-26-18)17(23)21-16-10-15(25-22-16)19(2,3)4/h6-11H,5H2,1-4H3,(H,21,22,23). The Morgan fingerprint density at radius 1 is 1.27 bits per heavy atom. The van der Waals surface area contributed by atoms with Crippen LogP contribution in [0.4, 0.5) is 5.82 Å². The molecule has 3 aromatic rings. The fraction of sp³-hybridized carbons (Fsp3) is 0.316. The van der Waals surface area contributed by atoms with Crippen molar-refractivity contribution in [3.63, 3.8) is 0 Å². The summed E-state index contributed by atoms with van der Waals surface area (Å²) in [6.07, 6.45) is 0. The zero-order valence-corrected chi connectivity index (χ0v) is 16.0. The average Bonchev–Trinajstić information content (AvgIpc) is 3.25. The number of rotatable bonds is 5. The highest BCUT2D eigenvalue weighted by atomic mass is 32.1. The molecule has 0 atom stereocenters. The van der Waals surface area contributed by atoms with E-state index in [-0.39, 0.29) is 11.3 Å². The zero-order valence-electron chi connectivity index (χ0n) is 15.2. The van der Waals surface area contributed by atoms with Gasteiger partial charge in [0.05, 0.1) is 6.61 Å². The molecule has 0 spiro atoms. The van der Waals surface area contributed by atoms with Crippen molar-refractivity contribution in [2.45, 2.75) is 33.1 Å². The molecule has 7 heteroatoms. The summed E-state index contributed by atoms with van der Waals surface area (Å²) in [7, 11) is 0. The van der Waals surface area contributed by atoms with E-state index in [2.05, 4.69) is 15.5 Å². The first-order valence-corrected chi connectivity index (χ1v) is 9.22. The number of thiazole rings is 1. The van der Waals surface area contributed by atoms with Gasteiger partial charge in [0.25, 0.3) is 5.91 Å². The predicted octanol–water partition coefficient (Wildman–Crippen LogP) is 4.75. The number of nitrogens with one attached hydrogen (secondary N) is 1. The van der Waals surface area contributed by atoms with Gasteiger partial charge >= 0.3 is 0 Å². The topological polar surface area (TPSA) is 77.2 Å². The second kappa shape index (κ2) is 7.29. The number of nitrogens with zero attached hydrogens (tertiary/aromatic N) is 2. The van der Waals surface area contributed by atoms with E-state index in [4.69, 9.17) is 9.26 Å². The van der Waals surface area contributed by atoms with Crippen LogP contribution in [0.5, 0.6) is 5.75 Å². The summed E-state index contributed by atoms with van der Waals surface area (Å²) in [6, 6.07) is 9.38. The van der Waals surface area contributed by atoms with Crippen LogP contribution >= 0.6 is 11.3 Å². The van der Waals surface area contributed by atoms with E-state index >= 15 is 0 Å². The molecular formula is C19H21N3O3S. The number of hydrogen-bond acceptors (Lipinski definition) is 6. The molecule has 0 radical (unpaired) electrons. The molecule has 0 aliphatic heterocycles. The predicted molar refractivity (Wildman–Crippen MR) is 102 cm³/mol. The molecule has 0 bridgehead atoms. The number of ether oxygens (including phenoxy) is 1. The number of carbonyl (C=O) groups excluding carboxylic acids is 1. The largest absolute Gasteiger partial charge is 0.494 e. The van der Waals surface area contributed by atoms with Crippen molar-refractivity contribution >= 4 is 23.1 Å². The van der Waals surface area contributed by atoms with Crippen LogP contribution in [0, 0.1) is 0 Å². The van der Waals surface area contributed by atoms with Crippen molar-refractivity contribution in [2.75, 3.05) is 11.9 Å². The van der Waals surface area contributed by atoms with Gasteiger partial charge in [-0.3, -0.25) is 4.79 Å². The van der Waals surface area contributed by atoms with Gasteiger partial charge in [-0.15, -0.1) is 11.3 Å². The summed E-state index contributed by atoms with van der Waals surface area (Å²) in [5.41, 5.74) is 1.12. The summed E-state index contributed by atoms with van der Waals surface area (Å²) in [5.74, 6) is 1.59. The molecule has 136 valence electrons. The average molecular weight is 371 g/mol. The first kappa shape index (κ1) is 18.1. The molecule has 1 N–H and O–H groups in total. The quantitative estimate of drug-likeness (QED) is 0.700. The fourth-order valence-electron chi connectivity index (χ4n) is 2.24. The summed E-state index contributed by atoms with van der Waals surface area (Å²) in [5, 5.41) is 9.12. The molecular weight excluding hydrogens is 350 g/mol. The van der Waals surface area contributed by atoms with E-state index < -0.39 is 0 Å². The van der Waals surface area contributed by atoms with E-state index in [1.165, 1.54) is 11.3 Å². The summed E-state index contributed by atoms with van der Waals surface area (Å²) in [4.78, 5) is 16.8. The van der Waals surface area contributed by atoms with Crippen LogP contribution in [-0.2, 0) is 5.41 Å². The maximum Gasteiger partial charge on any atom is 0.276 e. The van der Waals surface area contributed by atoms with Crippen molar-refractivity contribution in [1.29, 1.82) is 0 Å². The highest BCUT2D eigenvalue weighted by Crippen LogP contribution is 2.27. The van der Waals surface area contributed by atoms with Crippen LogP contribution in [0.1, 0.15) is 43.9 Å². The van der Waals surface area contributed by atoms with Crippen molar-refractivity contribution in [3.8, 4) is 16.3 Å². The number of aromatic nitrogens is 2. The van der Waals surface area contributed by atoms with Crippen LogP contribution in [0.25, 0.3) is 10.6 Å². The molecule has 0 saturated heterocycles. The molecule has 0 unspecified atom stereocenters. The summed E-state index contributed by atoms with van der Waals surface area (Å²) < 4.78 is 10.7. The second-order valence-electron chi connectivity index (χ2n) is 6.78. The number of amides is 1. The van der Waals surface area contributed by atoms with Crippen LogP contribution in [-0.4, -0.2) is 22.7 Å². The molecule has 1 amide bonds. The Bertz CT molecular complexity index is 891. The second-order valence-corrected chi connectivity index (χ2v) is 7.63.